The molecule has 7 nitrogen and oxygen atoms in total. The average Bonchev–Trinajstić information content (AvgIpc) is 3.47. The first-order valence-corrected chi connectivity index (χ1v) is 12.4. The highest BCUT2D eigenvalue weighted by Gasteiger charge is 2.31. The summed E-state index contributed by atoms with van der Waals surface area (Å²) in [4.78, 5) is 35.1. The van der Waals surface area contributed by atoms with Crippen molar-refractivity contribution in [2.75, 3.05) is 29.6 Å². The number of anilines is 2. The van der Waals surface area contributed by atoms with E-state index in [9.17, 15) is 14.9 Å². The van der Waals surface area contributed by atoms with Gasteiger partial charge in [-0.1, -0.05) is 48.9 Å². The van der Waals surface area contributed by atoms with Crippen molar-refractivity contribution in [1.29, 1.82) is 5.26 Å². The standard InChI is InChI=1S/C26H25N5O2S/c1-29-21-13-7-8-14-22(21)30(2)24(29)19(15-27)23(32)16-34-26-28-20-12-6-5-11-18(20)25(33)31(26)17-9-3-4-10-17/h5-8,11-14,17H,3-4,9-10,16H2,1-2H3. The number of benzene rings is 2. The van der Waals surface area contributed by atoms with E-state index in [1.54, 1.807) is 10.6 Å². The number of rotatable bonds is 5. The van der Waals surface area contributed by atoms with Gasteiger partial charge in [-0.25, -0.2) is 4.98 Å². The molecular weight excluding hydrogens is 446 g/mol. The van der Waals surface area contributed by atoms with E-state index in [1.807, 2.05) is 66.4 Å². The number of nitrogens with zero attached hydrogens (tertiary/aromatic N) is 5. The molecule has 2 aliphatic rings. The third-order valence-electron chi connectivity index (χ3n) is 6.65. The SMILES string of the molecule is CN1C(=C(C#N)C(=O)CSc2nc3ccccc3c(=O)n2C2CCCC2)N(C)c2ccccc21. The Balaban J connectivity index is 1.48. The first-order chi connectivity index (χ1) is 16.5. The van der Waals surface area contributed by atoms with E-state index in [-0.39, 0.29) is 28.7 Å². The van der Waals surface area contributed by atoms with E-state index in [0.717, 1.165) is 37.1 Å². The van der Waals surface area contributed by atoms with E-state index in [2.05, 4.69) is 6.07 Å². The molecule has 1 fully saturated rings. The molecule has 3 aromatic rings. The fraction of sp³-hybridized carbons (Fsp3) is 0.308. The summed E-state index contributed by atoms with van der Waals surface area (Å²) in [5, 5.41) is 11.1. The molecule has 2 heterocycles. The van der Waals surface area contributed by atoms with E-state index in [0.29, 0.717) is 21.9 Å². The maximum absolute atomic E-state index is 13.3. The Kier molecular flexibility index (Phi) is 5.88. The smallest absolute Gasteiger partial charge is 0.262 e. The van der Waals surface area contributed by atoms with Crippen LogP contribution in [0.3, 0.4) is 0 Å². The number of fused-ring (bicyclic) bond motifs is 2. The van der Waals surface area contributed by atoms with Crippen molar-refractivity contribution in [2.45, 2.75) is 36.9 Å². The minimum atomic E-state index is -0.283. The molecule has 1 saturated carbocycles. The molecule has 0 atom stereocenters. The van der Waals surface area contributed by atoms with Crippen molar-refractivity contribution in [3.63, 3.8) is 0 Å². The number of Topliss-reactive ketones (excluding diaryl/α,β-unsaturated/α-hetero) is 1. The first-order valence-electron chi connectivity index (χ1n) is 11.4. The monoisotopic (exact) mass is 471 g/mol. The second-order valence-electron chi connectivity index (χ2n) is 8.65. The van der Waals surface area contributed by atoms with Crippen LogP contribution in [0.2, 0.25) is 0 Å². The number of carbonyl (C=O) groups is 1. The minimum Gasteiger partial charge on any atom is -0.328 e. The predicted molar refractivity (Wildman–Crippen MR) is 135 cm³/mol. The van der Waals surface area contributed by atoms with Gasteiger partial charge in [-0.2, -0.15) is 5.26 Å². The van der Waals surface area contributed by atoms with Crippen molar-refractivity contribution in [3.8, 4) is 6.07 Å². The lowest BCUT2D eigenvalue weighted by Crippen LogP contribution is -2.28. The number of para-hydroxylation sites is 3. The van der Waals surface area contributed by atoms with Crippen LogP contribution in [-0.2, 0) is 4.79 Å². The Hall–Kier alpha value is -3.57. The quantitative estimate of drug-likeness (QED) is 0.235. The molecule has 8 heteroatoms. The molecule has 0 amide bonds. The molecular formula is C26H25N5O2S. The lowest BCUT2D eigenvalue weighted by molar-refractivity contribution is -0.112. The number of thioether (sulfide) groups is 1. The highest BCUT2D eigenvalue weighted by atomic mass is 32.2. The number of aromatic nitrogens is 2. The van der Waals surface area contributed by atoms with Crippen LogP contribution in [0.15, 0.2) is 69.9 Å². The van der Waals surface area contributed by atoms with Crippen LogP contribution < -0.4 is 15.4 Å². The molecule has 34 heavy (non-hydrogen) atoms. The van der Waals surface area contributed by atoms with Crippen LogP contribution >= 0.6 is 11.8 Å². The zero-order valence-electron chi connectivity index (χ0n) is 19.2. The van der Waals surface area contributed by atoms with Crippen LogP contribution in [0.5, 0.6) is 0 Å². The molecule has 0 spiro atoms. The Morgan fingerprint density at radius 3 is 2.32 bits per heavy atom. The van der Waals surface area contributed by atoms with Crippen molar-refractivity contribution >= 4 is 39.8 Å². The van der Waals surface area contributed by atoms with Gasteiger partial charge in [0, 0.05) is 20.1 Å². The van der Waals surface area contributed by atoms with Gasteiger partial charge in [0.15, 0.2) is 10.9 Å². The van der Waals surface area contributed by atoms with Gasteiger partial charge in [0.05, 0.1) is 28.0 Å². The molecule has 0 bridgehead atoms. The van der Waals surface area contributed by atoms with Gasteiger partial charge in [-0.15, -0.1) is 0 Å². The second kappa shape index (κ2) is 8.99. The minimum absolute atomic E-state index is 0.0297. The van der Waals surface area contributed by atoms with Crippen molar-refractivity contribution in [2.24, 2.45) is 0 Å². The van der Waals surface area contributed by atoms with E-state index >= 15 is 0 Å². The topological polar surface area (TPSA) is 82.2 Å². The van der Waals surface area contributed by atoms with Crippen LogP contribution in [0, 0.1) is 11.3 Å². The molecule has 1 aliphatic heterocycles. The molecule has 0 unspecified atom stereocenters. The predicted octanol–water partition coefficient (Wildman–Crippen LogP) is 4.49. The molecule has 0 N–H and O–H groups in total. The van der Waals surface area contributed by atoms with Crippen LogP contribution in [0.4, 0.5) is 11.4 Å². The molecule has 1 aromatic heterocycles. The summed E-state index contributed by atoms with van der Waals surface area (Å²) in [7, 11) is 3.72. The Labute approximate surface area is 202 Å². The number of carbonyl (C=O) groups excluding carboxylic acids is 1. The Morgan fingerprint density at radius 1 is 1.06 bits per heavy atom. The zero-order chi connectivity index (χ0) is 23.8. The van der Waals surface area contributed by atoms with E-state index < -0.39 is 0 Å². The fourth-order valence-corrected chi connectivity index (χ4v) is 5.91. The number of allylic oxidation sites excluding steroid dienone is 1. The summed E-state index contributed by atoms with van der Waals surface area (Å²) in [6.07, 6.45) is 4.03. The van der Waals surface area contributed by atoms with Crippen LogP contribution in [-0.4, -0.2) is 35.2 Å². The maximum Gasteiger partial charge on any atom is 0.262 e. The average molecular weight is 472 g/mol. The largest absolute Gasteiger partial charge is 0.328 e. The molecule has 0 saturated heterocycles. The molecule has 2 aromatic carbocycles. The summed E-state index contributed by atoms with van der Waals surface area (Å²) in [6, 6.07) is 17.4. The van der Waals surface area contributed by atoms with E-state index in [1.165, 1.54) is 11.8 Å². The summed E-state index contributed by atoms with van der Waals surface area (Å²) in [5.74, 6) is 0.311. The molecule has 0 radical (unpaired) electrons. The van der Waals surface area contributed by atoms with E-state index in [4.69, 9.17) is 4.98 Å². The zero-order valence-corrected chi connectivity index (χ0v) is 20.0. The Morgan fingerprint density at radius 2 is 1.68 bits per heavy atom. The maximum atomic E-state index is 13.3. The second-order valence-corrected chi connectivity index (χ2v) is 9.60. The number of ketones is 1. The number of hydrogen-bond donors (Lipinski definition) is 0. The third-order valence-corrected chi connectivity index (χ3v) is 7.60. The van der Waals surface area contributed by atoms with Gasteiger partial charge < -0.3 is 9.80 Å². The van der Waals surface area contributed by atoms with Gasteiger partial charge in [0.2, 0.25) is 0 Å². The molecule has 1 aliphatic carbocycles. The highest BCUT2D eigenvalue weighted by molar-refractivity contribution is 7.99. The van der Waals surface area contributed by atoms with Crippen molar-refractivity contribution < 1.29 is 4.79 Å². The lowest BCUT2D eigenvalue weighted by atomic mass is 10.2. The summed E-state index contributed by atoms with van der Waals surface area (Å²) < 4.78 is 1.77. The van der Waals surface area contributed by atoms with Gasteiger partial charge in [0.25, 0.3) is 5.56 Å². The van der Waals surface area contributed by atoms with Crippen molar-refractivity contribution in [3.05, 3.63) is 70.3 Å². The summed E-state index contributed by atoms with van der Waals surface area (Å²) in [6.45, 7) is 0. The third kappa shape index (κ3) is 3.66. The van der Waals surface area contributed by atoms with Gasteiger partial charge in [0.1, 0.15) is 17.5 Å². The number of nitriles is 1. The Bertz CT molecular complexity index is 1380. The summed E-state index contributed by atoms with van der Waals surface area (Å²) in [5.41, 5.74) is 2.56. The number of hydrogen-bond acceptors (Lipinski definition) is 7. The van der Waals surface area contributed by atoms with Crippen LogP contribution in [0.1, 0.15) is 31.7 Å². The fourth-order valence-electron chi connectivity index (χ4n) is 4.97. The van der Waals surface area contributed by atoms with Gasteiger partial charge in [-0.3, -0.25) is 14.2 Å². The van der Waals surface area contributed by atoms with Crippen molar-refractivity contribution in [1.82, 2.24) is 9.55 Å². The molecule has 5 rings (SSSR count). The summed E-state index contributed by atoms with van der Waals surface area (Å²) >= 11 is 1.24. The normalized spacial score (nSPS) is 15.6. The lowest BCUT2D eigenvalue weighted by Gasteiger charge is -2.20. The first kappa shape index (κ1) is 22.2. The van der Waals surface area contributed by atoms with Gasteiger partial charge >= 0.3 is 0 Å². The molecule has 172 valence electrons. The van der Waals surface area contributed by atoms with Gasteiger partial charge in [-0.05, 0) is 37.1 Å². The highest BCUT2D eigenvalue weighted by Crippen LogP contribution is 2.40. The van der Waals surface area contributed by atoms with Crippen LogP contribution in [0.25, 0.3) is 10.9 Å².